The van der Waals surface area contributed by atoms with Crippen LogP contribution in [-0.4, -0.2) is 45.6 Å². The van der Waals surface area contributed by atoms with Crippen molar-refractivity contribution in [2.75, 3.05) is 13.7 Å². The number of aromatic nitrogens is 3. The topological polar surface area (TPSA) is 93.4 Å². The third-order valence-electron chi connectivity index (χ3n) is 4.59. The van der Waals surface area contributed by atoms with E-state index in [1.54, 1.807) is 13.3 Å². The summed E-state index contributed by atoms with van der Waals surface area (Å²) in [5.41, 5.74) is 0.928. The average Bonchev–Trinajstić information content (AvgIpc) is 3.11. The fraction of sp³-hybridized carbons (Fsp3) is 0.529. The molecule has 2 fully saturated rings. The van der Waals surface area contributed by atoms with Crippen LogP contribution in [0.4, 0.5) is 0 Å². The zero-order chi connectivity index (χ0) is 17.2. The molecule has 1 atom stereocenters. The molecule has 132 valence electrons. The maximum atomic E-state index is 12.0. The first-order valence-electron chi connectivity index (χ1n) is 8.60. The number of amides is 1. The number of hydrogen-bond acceptors (Lipinski definition) is 7. The maximum Gasteiger partial charge on any atom is 0.292 e. The molecule has 8 heteroatoms. The van der Waals surface area contributed by atoms with Gasteiger partial charge in [0.15, 0.2) is 0 Å². The molecule has 0 spiro atoms. The molecule has 1 aliphatic heterocycles. The largest absolute Gasteiger partial charge is 0.497 e. The van der Waals surface area contributed by atoms with Crippen molar-refractivity contribution in [2.24, 2.45) is 0 Å². The summed E-state index contributed by atoms with van der Waals surface area (Å²) < 4.78 is 10.6. The summed E-state index contributed by atoms with van der Waals surface area (Å²) in [6.07, 6.45) is 5.77. The standard InChI is InChI=1S/C17H21N5O3/c1-24-13-6-7-18-12(9-13)10-22-8-2-3-14(22)17-20-15(21-25-17)16(23)19-11-4-5-11/h6-7,9,11,14H,2-5,8,10H2,1H3,(H,19,23)/t14-/m0/s1. The van der Waals surface area contributed by atoms with Gasteiger partial charge in [0, 0.05) is 24.8 Å². The van der Waals surface area contributed by atoms with E-state index in [9.17, 15) is 4.79 Å². The number of hydrogen-bond donors (Lipinski definition) is 1. The van der Waals surface area contributed by atoms with Gasteiger partial charge >= 0.3 is 0 Å². The average molecular weight is 343 g/mol. The van der Waals surface area contributed by atoms with Crippen molar-refractivity contribution < 1.29 is 14.1 Å². The second kappa shape index (κ2) is 6.79. The Labute approximate surface area is 145 Å². The summed E-state index contributed by atoms with van der Waals surface area (Å²) in [6.45, 7) is 1.60. The molecule has 0 radical (unpaired) electrons. The summed E-state index contributed by atoms with van der Waals surface area (Å²) in [5, 5.41) is 6.73. The van der Waals surface area contributed by atoms with Gasteiger partial charge in [-0.1, -0.05) is 5.16 Å². The molecule has 0 unspecified atom stereocenters. The molecule has 8 nitrogen and oxygen atoms in total. The van der Waals surface area contributed by atoms with E-state index in [1.807, 2.05) is 12.1 Å². The molecule has 3 heterocycles. The fourth-order valence-electron chi connectivity index (χ4n) is 3.11. The highest BCUT2D eigenvalue weighted by molar-refractivity contribution is 5.90. The first-order valence-corrected chi connectivity index (χ1v) is 8.60. The van der Waals surface area contributed by atoms with E-state index in [1.165, 1.54) is 0 Å². The minimum atomic E-state index is -0.253. The number of likely N-dealkylation sites (tertiary alicyclic amines) is 1. The molecule has 1 aliphatic carbocycles. The smallest absolute Gasteiger partial charge is 0.292 e. The quantitative estimate of drug-likeness (QED) is 0.853. The molecule has 4 rings (SSSR count). The van der Waals surface area contributed by atoms with Gasteiger partial charge in [-0.05, 0) is 38.3 Å². The third kappa shape index (κ3) is 3.63. The van der Waals surface area contributed by atoms with Crippen molar-refractivity contribution in [2.45, 2.75) is 44.3 Å². The number of nitrogens with one attached hydrogen (secondary N) is 1. The third-order valence-corrected chi connectivity index (χ3v) is 4.59. The van der Waals surface area contributed by atoms with E-state index < -0.39 is 0 Å². The molecule has 2 aromatic rings. The Kier molecular flexibility index (Phi) is 4.35. The van der Waals surface area contributed by atoms with E-state index in [0.29, 0.717) is 12.4 Å². The SMILES string of the molecule is COc1ccnc(CN2CCC[C@H]2c2nc(C(=O)NC3CC3)no2)c1. The molecule has 25 heavy (non-hydrogen) atoms. The highest BCUT2D eigenvalue weighted by Gasteiger charge is 2.32. The second-order valence-electron chi connectivity index (χ2n) is 6.52. The normalized spacial score (nSPS) is 20.6. The van der Waals surface area contributed by atoms with E-state index in [4.69, 9.17) is 9.26 Å². The van der Waals surface area contributed by atoms with Gasteiger partial charge in [0.2, 0.25) is 5.89 Å². The number of rotatable bonds is 6. The van der Waals surface area contributed by atoms with Crippen LogP contribution in [0.2, 0.25) is 0 Å². The Hall–Kier alpha value is -2.48. The van der Waals surface area contributed by atoms with E-state index in [-0.39, 0.29) is 23.8 Å². The van der Waals surface area contributed by atoms with Crippen LogP contribution in [0, 0.1) is 0 Å². The van der Waals surface area contributed by atoms with Gasteiger partial charge in [-0.3, -0.25) is 14.7 Å². The molecule has 2 aromatic heterocycles. The van der Waals surface area contributed by atoms with Crippen LogP contribution in [0.5, 0.6) is 5.75 Å². The number of pyridine rings is 1. The Morgan fingerprint density at radius 2 is 2.32 bits per heavy atom. The second-order valence-corrected chi connectivity index (χ2v) is 6.52. The van der Waals surface area contributed by atoms with Crippen molar-refractivity contribution in [3.63, 3.8) is 0 Å². The van der Waals surface area contributed by atoms with Gasteiger partial charge in [0.1, 0.15) is 5.75 Å². The lowest BCUT2D eigenvalue weighted by atomic mass is 10.2. The summed E-state index contributed by atoms with van der Waals surface area (Å²) in [4.78, 5) is 23.0. The number of methoxy groups -OCH3 is 1. The van der Waals surface area contributed by atoms with Crippen molar-refractivity contribution in [1.29, 1.82) is 0 Å². The van der Waals surface area contributed by atoms with Crippen molar-refractivity contribution in [3.8, 4) is 5.75 Å². The van der Waals surface area contributed by atoms with Crippen LogP contribution >= 0.6 is 0 Å². The molecule has 1 N–H and O–H groups in total. The van der Waals surface area contributed by atoms with Gasteiger partial charge in [0.05, 0.1) is 18.8 Å². The lowest BCUT2D eigenvalue weighted by Gasteiger charge is -2.21. The van der Waals surface area contributed by atoms with E-state index >= 15 is 0 Å². The molecule has 1 saturated carbocycles. The van der Waals surface area contributed by atoms with E-state index in [2.05, 4.69) is 25.3 Å². The fourth-order valence-corrected chi connectivity index (χ4v) is 3.11. The molecule has 0 bridgehead atoms. The first kappa shape index (κ1) is 16.0. The summed E-state index contributed by atoms with van der Waals surface area (Å²) in [5.74, 6) is 1.16. The van der Waals surface area contributed by atoms with Gasteiger partial charge in [-0.2, -0.15) is 4.98 Å². The van der Waals surface area contributed by atoms with Crippen molar-refractivity contribution >= 4 is 5.91 Å². The Morgan fingerprint density at radius 1 is 1.44 bits per heavy atom. The lowest BCUT2D eigenvalue weighted by molar-refractivity contribution is 0.0937. The van der Waals surface area contributed by atoms with Crippen molar-refractivity contribution in [1.82, 2.24) is 25.3 Å². The predicted molar refractivity (Wildman–Crippen MR) is 88.0 cm³/mol. The summed E-state index contributed by atoms with van der Waals surface area (Å²) in [6, 6.07) is 4.05. The first-order chi connectivity index (χ1) is 12.2. The van der Waals surface area contributed by atoms with Crippen LogP contribution in [-0.2, 0) is 6.54 Å². The zero-order valence-corrected chi connectivity index (χ0v) is 14.1. The van der Waals surface area contributed by atoms with Crippen LogP contribution in [0.3, 0.4) is 0 Å². The molecular weight excluding hydrogens is 322 g/mol. The Balaban J connectivity index is 1.45. The molecular formula is C17H21N5O3. The Bertz CT molecular complexity index is 758. The summed E-state index contributed by atoms with van der Waals surface area (Å²) in [7, 11) is 1.64. The van der Waals surface area contributed by atoms with Crippen molar-refractivity contribution in [3.05, 3.63) is 35.7 Å². The predicted octanol–water partition coefficient (Wildman–Crippen LogP) is 1.70. The van der Waals surface area contributed by atoms with Crippen LogP contribution in [0.25, 0.3) is 0 Å². The highest BCUT2D eigenvalue weighted by Crippen LogP contribution is 2.32. The summed E-state index contributed by atoms with van der Waals surface area (Å²) >= 11 is 0. The van der Waals surface area contributed by atoms with Crippen LogP contribution in [0.1, 0.15) is 53.9 Å². The minimum absolute atomic E-state index is 0.0166. The van der Waals surface area contributed by atoms with Gasteiger partial charge in [-0.25, -0.2) is 0 Å². The molecule has 1 saturated heterocycles. The monoisotopic (exact) mass is 343 g/mol. The minimum Gasteiger partial charge on any atom is -0.497 e. The number of carbonyl (C=O) groups excluding carboxylic acids is 1. The number of ether oxygens (including phenoxy) is 1. The molecule has 1 amide bonds. The van der Waals surface area contributed by atoms with Gasteiger partial charge < -0.3 is 14.6 Å². The lowest BCUT2D eigenvalue weighted by Crippen LogP contribution is -2.27. The Morgan fingerprint density at radius 3 is 3.12 bits per heavy atom. The molecule has 2 aliphatic rings. The highest BCUT2D eigenvalue weighted by atomic mass is 16.5. The number of nitrogens with zero attached hydrogens (tertiary/aromatic N) is 4. The van der Waals surface area contributed by atoms with Crippen LogP contribution < -0.4 is 10.1 Å². The molecule has 0 aromatic carbocycles. The number of carbonyl (C=O) groups is 1. The zero-order valence-electron chi connectivity index (χ0n) is 14.1. The maximum absolute atomic E-state index is 12.0. The van der Waals surface area contributed by atoms with E-state index in [0.717, 1.165) is 43.7 Å². The van der Waals surface area contributed by atoms with Gasteiger partial charge in [0.25, 0.3) is 11.7 Å². The van der Waals surface area contributed by atoms with Gasteiger partial charge in [-0.15, -0.1) is 0 Å². The van der Waals surface area contributed by atoms with Crippen LogP contribution in [0.15, 0.2) is 22.9 Å².